The number of tetrazole rings is 1. The third-order valence-electron chi connectivity index (χ3n) is 3.92. The summed E-state index contributed by atoms with van der Waals surface area (Å²) in [4.78, 5) is 26.2. The number of aromatic nitrogens is 4. The number of anilines is 1. The van der Waals surface area contributed by atoms with E-state index in [1.54, 1.807) is 31.3 Å². The lowest BCUT2D eigenvalue weighted by atomic mass is 10.2. The second-order valence-corrected chi connectivity index (χ2v) is 6.89. The zero-order valence-electron chi connectivity index (χ0n) is 14.8. The Morgan fingerprint density at radius 3 is 2.56 bits per heavy atom. The molecule has 2 aromatic carbocycles. The van der Waals surface area contributed by atoms with E-state index >= 15 is 0 Å². The van der Waals surface area contributed by atoms with Crippen LogP contribution in [-0.4, -0.2) is 50.5 Å². The Labute approximate surface area is 164 Å². The highest BCUT2D eigenvalue weighted by atomic mass is 79.9. The van der Waals surface area contributed by atoms with Gasteiger partial charge in [-0.1, -0.05) is 15.9 Å². The van der Waals surface area contributed by atoms with Crippen molar-refractivity contribution in [3.8, 4) is 5.69 Å². The van der Waals surface area contributed by atoms with E-state index in [4.69, 9.17) is 0 Å². The van der Waals surface area contributed by atoms with Gasteiger partial charge in [0.1, 0.15) is 6.33 Å². The molecule has 0 aliphatic heterocycles. The summed E-state index contributed by atoms with van der Waals surface area (Å²) in [5, 5.41) is 13.8. The Morgan fingerprint density at radius 1 is 1.19 bits per heavy atom. The summed E-state index contributed by atoms with van der Waals surface area (Å²) in [6.45, 7) is 1.85. The van der Waals surface area contributed by atoms with E-state index in [0.29, 0.717) is 5.56 Å². The van der Waals surface area contributed by atoms with Crippen LogP contribution in [0.25, 0.3) is 5.69 Å². The summed E-state index contributed by atoms with van der Waals surface area (Å²) in [7, 11) is 1.59. The molecule has 3 rings (SSSR count). The molecular formula is C18H17BrN6O2. The van der Waals surface area contributed by atoms with E-state index in [0.717, 1.165) is 21.4 Å². The number of benzene rings is 2. The fourth-order valence-corrected chi connectivity index (χ4v) is 2.98. The van der Waals surface area contributed by atoms with Crippen molar-refractivity contribution < 1.29 is 9.59 Å². The zero-order valence-corrected chi connectivity index (χ0v) is 16.3. The third kappa shape index (κ3) is 4.56. The monoisotopic (exact) mass is 428 g/mol. The van der Waals surface area contributed by atoms with E-state index in [1.807, 2.05) is 25.1 Å². The van der Waals surface area contributed by atoms with Crippen LogP contribution < -0.4 is 5.32 Å². The number of carbonyl (C=O) groups is 2. The summed E-state index contributed by atoms with van der Waals surface area (Å²) in [6.07, 6.45) is 1.47. The number of likely N-dealkylation sites (N-methyl/N-ethyl adjacent to an activating group) is 1. The van der Waals surface area contributed by atoms with E-state index in [1.165, 1.54) is 15.9 Å². The van der Waals surface area contributed by atoms with Gasteiger partial charge in [0.05, 0.1) is 12.2 Å². The first-order valence-corrected chi connectivity index (χ1v) is 8.88. The van der Waals surface area contributed by atoms with Gasteiger partial charge in [0.2, 0.25) is 5.91 Å². The Kier molecular flexibility index (Phi) is 5.60. The van der Waals surface area contributed by atoms with E-state index < -0.39 is 0 Å². The predicted octanol–water partition coefficient (Wildman–Crippen LogP) is 2.44. The standard InChI is InChI=1S/C18H17BrN6O2/c1-12-9-14(19)5-8-16(12)21-17(26)10-24(2)18(27)13-3-6-15(7-4-13)25-11-20-22-23-25/h3-9,11H,10H2,1-2H3,(H,21,26). The number of nitrogens with zero attached hydrogens (tertiary/aromatic N) is 5. The van der Waals surface area contributed by atoms with Crippen molar-refractivity contribution in [1.29, 1.82) is 0 Å². The summed E-state index contributed by atoms with van der Waals surface area (Å²) in [5.41, 5.74) is 2.87. The Balaban J connectivity index is 1.62. The van der Waals surface area contributed by atoms with Gasteiger partial charge in [-0.05, 0) is 65.4 Å². The highest BCUT2D eigenvalue weighted by Crippen LogP contribution is 2.20. The lowest BCUT2D eigenvalue weighted by Crippen LogP contribution is -2.35. The SMILES string of the molecule is Cc1cc(Br)ccc1NC(=O)CN(C)C(=O)c1ccc(-n2cnnn2)cc1. The van der Waals surface area contributed by atoms with E-state index in [2.05, 4.69) is 36.8 Å². The minimum atomic E-state index is -0.262. The van der Waals surface area contributed by atoms with Crippen molar-refractivity contribution >= 4 is 33.4 Å². The number of rotatable bonds is 5. The quantitative estimate of drug-likeness (QED) is 0.673. The summed E-state index contributed by atoms with van der Waals surface area (Å²) in [6, 6.07) is 12.4. The molecule has 3 aromatic rings. The second kappa shape index (κ2) is 8.09. The van der Waals surface area contributed by atoms with Crippen LogP contribution in [0.15, 0.2) is 53.3 Å². The molecule has 27 heavy (non-hydrogen) atoms. The van der Waals surface area contributed by atoms with Gasteiger partial charge < -0.3 is 10.2 Å². The molecule has 9 heteroatoms. The smallest absolute Gasteiger partial charge is 0.254 e. The number of aryl methyl sites for hydroxylation is 1. The lowest BCUT2D eigenvalue weighted by Gasteiger charge is -2.17. The number of halogens is 1. The van der Waals surface area contributed by atoms with Crippen LogP contribution in [0.5, 0.6) is 0 Å². The predicted molar refractivity (Wildman–Crippen MR) is 104 cm³/mol. The fraction of sp³-hybridized carbons (Fsp3) is 0.167. The largest absolute Gasteiger partial charge is 0.332 e. The molecule has 1 N–H and O–H groups in total. The number of hydrogen-bond acceptors (Lipinski definition) is 5. The van der Waals surface area contributed by atoms with Crippen molar-refractivity contribution in [2.75, 3.05) is 18.9 Å². The topological polar surface area (TPSA) is 93.0 Å². The van der Waals surface area contributed by atoms with Crippen LogP contribution in [0.3, 0.4) is 0 Å². The van der Waals surface area contributed by atoms with Gasteiger partial charge in [-0.25, -0.2) is 4.68 Å². The molecular weight excluding hydrogens is 412 g/mol. The fourth-order valence-electron chi connectivity index (χ4n) is 2.50. The Bertz CT molecular complexity index is 956. The van der Waals surface area contributed by atoms with Gasteiger partial charge >= 0.3 is 0 Å². The molecule has 2 amide bonds. The minimum absolute atomic E-state index is 0.0525. The first-order chi connectivity index (χ1) is 12.9. The van der Waals surface area contributed by atoms with Crippen LogP contribution in [0.2, 0.25) is 0 Å². The van der Waals surface area contributed by atoms with Gasteiger partial charge in [0, 0.05) is 22.8 Å². The van der Waals surface area contributed by atoms with Gasteiger partial charge in [0.15, 0.2) is 0 Å². The van der Waals surface area contributed by atoms with Crippen LogP contribution >= 0.6 is 15.9 Å². The molecule has 0 bridgehead atoms. The zero-order chi connectivity index (χ0) is 19.4. The van der Waals surface area contributed by atoms with Crippen molar-refractivity contribution in [1.82, 2.24) is 25.1 Å². The number of hydrogen-bond donors (Lipinski definition) is 1. The average molecular weight is 429 g/mol. The molecule has 0 fully saturated rings. The van der Waals surface area contributed by atoms with Crippen LogP contribution in [0.1, 0.15) is 15.9 Å². The molecule has 0 aliphatic carbocycles. The number of carbonyl (C=O) groups excluding carboxylic acids is 2. The van der Waals surface area contributed by atoms with Crippen LogP contribution in [0, 0.1) is 6.92 Å². The molecule has 0 saturated heterocycles. The number of amides is 2. The van der Waals surface area contributed by atoms with Crippen molar-refractivity contribution in [2.24, 2.45) is 0 Å². The van der Waals surface area contributed by atoms with Gasteiger partial charge in [-0.2, -0.15) is 0 Å². The molecule has 0 aliphatic rings. The second-order valence-electron chi connectivity index (χ2n) is 5.97. The first kappa shape index (κ1) is 18.7. The molecule has 1 heterocycles. The number of nitrogens with one attached hydrogen (secondary N) is 1. The Hall–Kier alpha value is -3.07. The summed E-state index contributed by atoms with van der Waals surface area (Å²) in [5.74, 6) is -0.512. The highest BCUT2D eigenvalue weighted by molar-refractivity contribution is 9.10. The first-order valence-electron chi connectivity index (χ1n) is 8.09. The maximum Gasteiger partial charge on any atom is 0.254 e. The van der Waals surface area contributed by atoms with E-state index in [9.17, 15) is 9.59 Å². The molecule has 0 atom stereocenters. The Morgan fingerprint density at radius 2 is 1.93 bits per heavy atom. The molecule has 0 saturated carbocycles. The van der Waals surface area contributed by atoms with Crippen LogP contribution in [0.4, 0.5) is 5.69 Å². The normalized spacial score (nSPS) is 10.5. The van der Waals surface area contributed by atoms with Crippen molar-refractivity contribution in [2.45, 2.75) is 6.92 Å². The molecule has 0 radical (unpaired) electrons. The van der Waals surface area contributed by atoms with E-state index in [-0.39, 0.29) is 18.4 Å². The maximum absolute atomic E-state index is 12.5. The van der Waals surface area contributed by atoms with Gasteiger partial charge in [-0.15, -0.1) is 5.10 Å². The molecule has 0 spiro atoms. The average Bonchev–Trinajstić information content (AvgIpc) is 3.18. The van der Waals surface area contributed by atoms with Crippen molar-refractivity contribution in [3.05, 3.63) is 64.4 Å². The third-order valence-corrected chi connectivity index (χ3v) is 4.41. The van der Waals surface area contributed by atoms with Gasteiger partial charge in [0.25, 0.3) is 5.91 Å². The minimum Gasteiger partial charge on any atom is -0.332 e. The van der Waals surface area contributed by atoms with Crippen molar-refractivity contribution in [3.63, 3.8) is 0 Å². The highest BCUT2D eigenvalue weighted by Gasteiger charge is 2.16. The summed E-state index contributed by atoms with van der Waals surface area (Å²) < 4.78 is 2.43. The summed E-state index contributed by atoms with van der Waals surface area (Å²) >= 11 is 3.39. The van der Waals surface area contributed by atoms with Gasteiger partial charge in [-0.3, -0.25) is 9.59 Å². The lowest BCUT2D eigenvalue weighted by molar-refractivity contribution is -0.116. The molecule has 1 aromatic heterocycles. The maximum atomic E-state index is 12.5. The van der Waals surface area contributed by atoms with Crippen LogP contribution in [-0.2, 0) is 4.79 Å². The molecule has 8 nitrogen and oxygen atoms in total. The molecule has 138 valence electrons. The molecule has 0 unspecified atom stereocenters.